The van der Waals surface area contributed by atoms with Crippen LogP contribution in [0.15, 0.2) is 59.9 Å². The van der Waals surface area contributed by atoms with E-state index in [1.807, 2.05) is 0 Å². The van der Waals surface area contributed by atoms with Gasteiger partial charge in [0.15, 0.2) is 23.0 Å². The minimum absolute atomic E-state index is 0.00772. The van der Waals surface area contributed by atoms with Crippen LogP contribution in [0.2, 0.25) is 0 Å². The van der Waals surface area contributed by atoms with Gasteiger partial charge in [0, 0.05) is 6.42 Å². The van der Waals surface area contributed by atoms with Crippen LogP contribution in [0.1, 0.15) is 18.4 Å². The van der Waals surface area contributed by atoms with Crippen molar-refractivity contribution >= 4 is 23.4 Å². The molecule has 1 aliphatic carbocycles. The number of carbonyl (C=O) groups excluding carboxylic acids is 3. The Morgan fingerprint density at radius 2 is 1.93 bits per heavy atom. The Morgan fingerprint density at radius 3 is 2.63 bits per heavy atom. The molecular formula is C21H20O6. The molecule has 0 amide bonds. The second kappa shape index (κ2) is 9.33. The van der Waals surface area contributed by atoms with Crippen molar-refractivity contribution in [3.8, 4) is 11.5 Å². The summed E-state index contributed by atoms with van der Waals surface area (Å²) in [6.07, 6.45) is 8.89. The van der Waals surface area contributed by atoms with Crippen LogP contribution < -0.4 is 4.74 Å². The van der Waals surface area contributed by atoms with Gasteiger partial charge in [-0.15, -0.1) is 0 Å². The van der Waals surface area contributed by atoms with Crippen LogP contribution in [0.4, 0.5) is 0 Å². The van der Waals surface area contributed by atoms with Gasteiger partial charge in [0.05, 0.1) is 20.6 Å². The van der Waals surface area contributed by atoms with Crippen LogP contribution in [0.25, 0.3) is 6.08 Å². The van der Waals surface area contributed by atoms with E-state index in [1.165, 1.54) is 32.4 Å². The lowest BCUT2D eigenvalue weighted by atomic mass is 10.0. The predicted molar refractivity (Wildman–Crippen MR) is 100 cm³/mol. The van der Waals surface area contributed by atoms with E-state index in [-0.39, 0.29) is 41.7 Å². The van der Waals surface area contributed by atoms with Crippen LogP contribution in [0.5, 0.6) is 11.5 Å². The molecule has 0 saturated heterocycles. The number of benzene rings is 1. The number of hydrogen-bond donors (Lipinski definition) is 1. The number of phenols is 1. The monoisotopic (exact) mass is 368 g/mol. The quantitative estimate of drug-likeness (QED) is 0.560. The third-order valence-electron chi connectivity index (χ3n) is 3.79. The van der Waals surface area contributed by atoms with Gasteiger partial charge in [-0.05, 0) is 41.5 Å². The average molecular weight is 368 g/mol. The fourth-order valence-electron chi connectivity index (χ4n) is 2.36. The van der Waals surface area contributed by atoms with E-state index in [0.717, 1.165) is 0 Å². The first-order valence-electron chi connectivity index (χ1n) is 8.21. The van der Waals surface area contributed by atoms with Crippen molar-refractivity contribution in [2.24, 2.45) is 0 Å². The topological polar surface area (TPSA) is 89.9 Å². The first-order valence-corrected chi connectivity index (χ1v) is 8.21. The van der Waals surface area contributed by atoms with Crippen molar-refractivity contribution in [2.45, 2.75) is 12.8 Å². The summed E-state index contributed by atoms with van der Waals surface area (Å²) in [4.78, 5) is 35.4. The number of ketones is 3. The Hall–Kier alpha value is -3.41. The number of Topliss-reactive ketones (excluding diaryl/α,β-unsaturated/α-hetero) is 1. The number of methoxy groups -OCH3 is 2. The molecule has 1 N–H and O–H groups in total. The number of rotatable bonds is 8. The van der Waals surface area contributed by atoms with E-state index in [2.05, 4.69) is 0 Å². The SMILES string of the molecule is COC1=CC(=CCC(=O)CC(=O)C=Cc2ccc(O)c(OC)c2)C=CC1=O. The van der Waals surface area contributed by atoms with Crippen molar-refractivity contribution in [2.75, 3.05) is 14.2 Å². The minimum Gasteiger partial charge on any atom is -0.504 e. The van der Waals surface area contributed by atoms with Crippen LogP contribution in [0.3, 0.4) is 0 Å². The van der Waals surface area contributed by atoms with Crippen LogP contribution >= 0.6 is 0 Å². The maximum atomic E-state index is 12.0. The van der Waals surface area contributed by atoms with E-state index < -0.39 is 0 Å². The highest BCUT2D eigenvalue weighted by Crippen LogP contribution is 2.26. The molecule has 0 atom stereocenters. The van der Waals surface area contributed by atoms with Gasteiger partial charge in [-0.1, -0.05) is 24.3 Å². The maximum Gasteiger partial charge on any atom is 0.220 e. The summed E-state index contributed by atoms with van der Waals surface area (Å²) < 4.78 is 9.95. The standard InChI is InChI=1S/C21H20O6/c1-26-20-11-14(5-9-18(20)24)3-7-16(22)13-17(23)8-4-15-6-10-19(25)21(12-15)27-2/h3-7,9-12,24H,8,13H2,1-2H3. The number of ether oxygens (including phenoxy) is 2. The fraction of sp³-hybridized carbons (Fsp3) is 0.190. The van der Waals surface area contributed by atoms with Gasteiger partial charge in [-0.3, -0.25) is 14.4 Å². The van der Waals surface area contributed by atoms with Gasteiger partial charge in [0.1, 0.15) is 5.78 Å². The third-order valence-corrected chi connectivity index (χ3v) is 3.79. The zero-order valence-corrected chi connectivity index (χ0v) is 15.1. The summed E-state index contributed by atoms with van der Waals surface area (Å²) in [6, 6.07) is 4.68. The van der Waals surface area contributed by atoms with Gasteiger partial charge < -0.3 is 14.6 Å². The summed E-state index contributed by atoms with van der Waals surface area (Å²) in [5.41, 5.74) is 1.35. The average Bonchev–Trinajstić information content (AvgIpc) is 2.66. The second-order valence-electron chi connectivity index (χ2n) is 5.76. The second-order valence-corrected chi connectivity index (χ2v) is 5.76. The van der Waals surface area contributed by atoms with Gasteiger partial charge >= 0.3 is 0 Å². The van der Waals surface area contributed by atoms with Gasteiger partial charge in [-0.2, -0.15) is 0 Å². The zero-order valence-electron chi connectivity index (χ0n) is 15.1. The summed E-state index contributed by atoms with van der Waals surface area (Å²) >= 11 is 0. The Balaban J connectivity index is 1.91. The Morgan fingerprint density at radius 1 is 1.15 bits per heavy atom. The molecule has 2 rings (SSSR count). The molecule has 0 radical (unpaired) electrons. The Kier molecular flexibility index (Phi) is 6.88. The van der Waals surface area contributed by atoms with Crippen LogP contribution in [-0.2, 0) is 19.1 Å². The van der Waals surface area contributed by atoms with Crippen LogP contribution in [-0.4, -0.2) is 36.7 Å². The van der Waals surface area contributed by atoms with E-state index >= 15 is 0 Å². The van der Waals surface area contributed by atoms with Crippen molar-refractivity contribution in [3.05, 3.63) is 65.5 Å². The van der Waals surface area contributed by atoms with E-state index in [9.17, 15) is 19.5 Å². The highest BCUT2D eigenvalue weighted by Gasteiger charge is 2.12. The Labute approximate surface area is 157 Å². The molecule has 0 heterocycles. The molecule has 6 heteroatoms. The normalized spacial score (nSPS) is 15.1. The molecule has 0 fully saturated rings. The number of hydrogen-bond acceptors (Lipinski definition) is 6. The third kappa shape index (κ3) is 5.81. The zero-order chi connectivity index (χ0) is 19.8. The van der Waals surface area contributed by atoms with E-state index in [4.69, 9.17) is 9.47 Å². The molecule has 140 valence electrons. The van der Waals surface area contributed by atoms with Crippen molar-refractivity contribution in [1.82, 2.24) is 0 Å². The van der Waals surface area contributed by atoms with E-state index in [0.29, 0.717) is 16.9 Å². The van der Waals surface area contributed by atoms with E-state index in [1.54, 1.807) is 36.4 Å². The minimum atomic E-state index is -0.326. The molecule has 0 bridgehead atoms. The molecular weight excluding hydrogens is 348 g/mol. The largest absolute Gasteiger partial charge is 0.504 e. The highest BCUT2D eigenvalue weighted by molar-refractivity contribution is 6.07. The van der Waals surface area contributed by atoms with Crippen molar-refractivity contribution in [1.29, 1.82) is 0 Å². The Bertz CT molecular complexity index is 871. The summed E-state index contributed by atoms with van der Waals surface area (Å²) in [7, 11) is 2.84. The molecule has 1 aliphatic rings. The molecule has 1 aromatic carbocycles. The first kappa shape index (κ1) is 19.9. The molecule has 27 heavy (non-hydrogen) atoms. The molecule has 0 aromatic heterocycles. The number of allylic oxidation sites excluding steroid dienone is 6. The molecule has 1 aromatic rings. The number of aromatic hydroxyl groups is 1. The summed E-state index contributed by atoms with van der Waals surface area (Å²) in [6.45, 7) is 0. The maximum absolute atomic E-state index is 12.0. The number of carbonyl (C=O) groups is 3. The predicted octanol–water partition coefficient (Wildman–Crippen LogP) is 2.93. The van der Waals surface area contributed by atoms with Crippen molar-refractivity contribution in [3.63, 3.8) is 0 Å². The molecule has 0 unspecified atom stereocenters. The molecule has 0 aliphatic heterocycles. The highest BCUT2D eigenvalue weighted by atomic mass is 16.5. The van der Waals surface area contributed by atoms with Gasteiger partial charge in [0.25, 0.3) is 0 Å². The van der Waals surface area contributed by atoms with Crippen molar-refractivity contribution < 1.29 is 29.0 Å². The lowest BCUT2D eigenvalue weighted by Crippen LogP contribution is -2.06. The first-order chi connectivity index (χ1) is 12.9. The summed E-state index contributed by atoms with van der Waals surface area (Å²) in [5, 5.41) is 9.54. The fourth-order valence-corrected chi connectivity index (χ4v) is 2.36. The molecule has 0 spiro atoms. The lowest BCUT2D eigenvalue weighted by Gasteiger charge is -2.07. The van der Waals surface area contributed by atoms with Crippen LogP contribution in [0, 0.1) is 0 Å². The smallest absolute Gasteiger partial charge is 0.220 e. The molecule has 0 saturated carbocycles. The molecule has 6 nitrogen and oxygen atoms in total. The lowest BCUT2D eigenvalue weighted by molar-refractivity contribution is -0.124. The van der Waals surface area contributed by atoms with Gasteiger partial charge in [0.2, 0.25) is 5.78 Å². The van der Waals surface area contributed by atoms with Gasteiger partial charge in [-0.25, -0.2) is 0 Å². The number of phenolic OH excluding ortho intramolecular Hbond substituents is 1. The summed E-state index contributed by atoms with van der Waals surface area (Å²) in [5.74, 6) is -0.277.